The molecule has 0 aliphatic rings. The second kappa shape index (κ2) is 7.53. The number of hydrogen-bond donors (Lipinski definition) is 2. The molecule has 0 unspecified atom stereocenters. The van der Waals surface area contributed by atoms with Gasteiger partial charge in [-0.15, -0.1) is 0 Å². The van der Waals surface area contributed by atoms with Gasteiger partial charge in [0.2, 0.25) is 5.91 Å². The van der Waals surface area contributed by atoms with Gasteiger partial charge in [-0.2, -0.15) is 5.10 Å². The zero-order valence-corrected chi connectivity index (χ0v) is 14.2. The fourth-order valence-corrected chi connectivity index (χ4v) is 2.45. The second-order valence-electron chi connectivity index (χ2n) is 5.58. The van der Waals surface area contributed by atoms with Crippen molar-refractivity contribution in [3.05, 3.63) is 66.5 Å². The Hall–Kier alpha value is -3.28. The number of amides is 1. The summed E-state index contributed by atoms with van der Waals surface area (Å²) in [5, 5.41) is 10.3. The highest BCUT2D eigenvalue weighted by atomic mass is 16.5. The van der Waals surface area contributed by atoms with Crippen molar-refractivity contribution in [2.75, 3.05) is 24.3 Å². The maximum absolute atomic E-state index is 12.2. The minimum Gasteiger partial charge on any atom is -0.497 e. The molecule has 1 amide bonds. The lowest BCUT2D eigenvalue weighted by atomic mass is 10.2. The Morgan fingerprint density at radius 1 is 1.20 bits per heavy atom. The smallest absolute Gasteiger partial charge is 0.243 e. The summed E-state index contributed by atoms with van der Waals surface area (Å²) in [6, 6.07) is 15.1. The predicted octanol–water partition coefficient (Wildman–Crippen LogP) is 3.24. The minimum absolute atomic E-state index is 0.128. The van der Waals surface area contributed by atoms with Crippen LogP contribution in [0.4, 0.5) is 11.4 Å². The highest BCUT2D eigenvalue weighted by Crippen LogP contribution is 2.19. The van der Waals surface area contributed by atoms with Crippen LogP contribution < -0.4 is 15.4 Å². The maximum Gasteiger partial charge on any atom is 0.243 e. The summed E-state index contributed by atoms with van der Waals surface area (Å²) in [4.78, 5) is 12.2. The molecule has 0 fully saturated rings. The topological polar surface area (TPSA) is 68.2 Å². The van der Waals surface area contributed by atoms with E-state index in [9.17, 15) is 4.79 Å². The standard InChI is InChI=1S/C19H20N4O2/c1-14-7-8-16(23-10-4-9-21-23)12-18(14)20-13-19(24)22-15-5-3-6-17(11-15)25-2/h3-12,20H,13H2,1-2H3,(H,22,24). The molecular formula is C19H20N4O2. The number of carbonyl (C=O) groups excluding carboxylic acids is 1. The van der Waals surface area contributed by atoms with Crippen LogP contribution in [0.15, 0.2) is 60.9 Å². The average Bonchev–Trinajstić information content (AvgIpc) is 3.16. The number of nitrogens with one attached hydrogen (secondary N) is 2. The fraction of sp³-hybridized carbons (Fsp3) is 0.158. The molecule has 1 heterocycles. The highest BCUT2D eigenvalue weighted by molar-refractivity contribution is 5.94. The Morgan fingerprint density at radius 3 is 2.84 bits per heavy atom. The first-order chi connectivity index (χ1) is 12.2. The van der Waals surface area contributed by atoms with Crippen LogP contribution in [0, 0.1) is 6.92 Å². The van der Waals surface area contributed by atoms with Gasteiger partial charge in [-0.1, -0.05) is 12.1 Å². The number of hydrogen-bond acceptors (Lipinski definition) is 4. The Kier molecular flexibility index (Phi) is 4.99. The van der Waals surface area contributed by atoms with Gasteiger partial charge in [-0.3, -0.25) is 4.79 Å². The Bertz CT molecular complexity index is 860. The molecule has 0 saturated carbocycles. The lowest BCUT2D eigenvalue weighted by Gasteiger charge is -2.12. The van der Waals surface area contributed by atoms with Gasteiger partial charge in [0.25, 0.3) is 0 Å². The first-order valence-corrected chi connectivity index (χ1v) is 7.94. The molecule has 0 bridgehead atoms. The molecule has 0 atom stereocenters. The number of aromatic nitrogens is 2. The quantitative estimate of drug-likeness (QED) is 0.725. The molecule has 6 nitrogen and oxygen atoms in total. The van der Waals surface area contributed by atoms with Crippen molar-refractivity contribution >= 4 is 17.3 Å². The zero-order chi connectivity index (χ0) is 17.6. The molecule has 0 aliphatic carbocycles. The van der Waals surface area contributed by atoms with E-state index in [1.54, 1.807) is 24.1 Å². The van der Waals surface area contributed by atoms with Crippen LogP contribution in [0.1, 0.15) is 5.56 Å². The summed E-state index contributed by atoms with van der Waals surface area (Å²) in [6.45, 7) is 2.16. The van der Waals surface area contributed by atoms with Crippen LogP contribution in [0.2, 0.25) is 0 Å². The number of aryl methyl sites for hydroxylation is 1. The lowest BCUT2D eigenvalue weighted by Crippen LogP contribution is -2.22. The van der Waals surface area contributed by atoms with E-state index in [1.165, 1.54) is 0 Å². The molecule has 0 spiro atoms. The summed E-state index contributed by atoms with van der Waals surface area (Å²) in [5.74, 6) is 0.575. The minimum atomic E-state index is -0.128. The SMILES string of the molecule is COc1cccc(NC(=O)CNc2cc(-n3cccn3)ccc2C)c1. The maximum atomic E-state index is 12.2. The van der Waals surface area contributed by atoms with Gasteiger partial charge in [0, 0.05) is 29.8 Å². The van der Waals surface area contributed by atoms with Crippen LogP contribution in [0.5, 0.6) is 5.75 Å². The number of carbonyl (C=O) groups is 1. The van der Waals surface area contributed by atoms with E-state index in [-0.39, 0.29) is 12.5 Å². The molecule has 0 radical (unpaired) electrons. The molecule has 1 aromatic heterocycles. The predicted molar refractivity (Wildman–Crippen MR) is 98.4 cm³/mol. The fourth-order valence-electron chi connectivity index (χ4n) is 2.45. The van der Waals surface area contributed by atoms with Crippen molar-refractivity contribution < 1.29 is 9.53 Å². The number of methoxy groups -OCH3 is 1. The Balaban J connectivity index is 1.64. The third kappa shape index (κ3) is 4.17. The molecule has 25 heavy (non-hydrogen) atoms. The van der Waals surface area contributed by atoms with E-state index in [4.69, 9.17) is 4.74 Å². The van der Waals surface area contributed by atoms with E-state index in [1.807, 2.05) is 55.6 Å². The molecule has 3 rings (SSSR count). The zero-order valence-electron chi connectivity index (χ0n) is 14.2. The van der Waals surface area contributed by atoms with Crippen LogP contribution in [-0.4, -0.2) is 29.3 Å². The molecule has 2 N–H and O–H groups in total. The van der Waals surface area contributed by atoms with Crippen molar-refractivity contribution in [3.8, 4) is 11.4 Å². The van der Waals surface area contributed by atoms with E-state index >= 15 is 0 Å². The molecule has 3 aromatic rings. The normalized spacial score (nSPS) is 10.3. The number of ether oxygens (including phenoxy) is 1. The Labute approximate surface area is 146 Å². The van der Waals surface area contributed by atoms with Crippen LogP contribution in [0.3, 0.4) is 0 Å². The Morgan fingerprint density at radius 2 is 2.08 bits per heavy atom. The molecule has 0 saturated heterocycles. The van der Waals surface area contributed by atoms with Crippen LogP contribution in [0.25, 0.3) is 5.69 Å². The van der Waals surface area contributed by atoms with Crippen LogP contribution >= 0.6 is 0 Å². The van der Waals surface area contributed by atoms with Crippen LogP contribution in [-0.2, 0) is 4.79 Å². The first-order valence-electron chi connectivity index (χ1n) is 7.94. The van der Waals surface area contributed by atoms with Crippen molar-refractivity contribution in [2.24, 2.45) is 0 Å². The van der Waals surface area contributed by atoms with Gasteiger partial charge in [0.05, 0.1) is 19.3 Å². The number of benzene rings is 2. The molecule has 0 aliphatic heterocycles. The van der Waals surface area contributed by atoms with E-state index in [2.05, 4.69) is 15.7 Å². The molecule has 2 aromatic carbocycles. The van der Waals surface area contributed by atoms with Gasteiger partial charge in [-0.25, -0.2) is 4.68 Å². The van der Waals surface area contributed by atoms with E-state index < -0.39 is 0 Å². The van der Waals surface area contributed by atoms with Crippen molar-refractivity contribution in [2.45, 2.75) is 6.92 Å². The van der Waals surface area contributed by atoms with Gasteiger partial charge in [-0.05, 0) is 42.8 Å². The molecular weight excluding hydrogens is 316 g/mol. The van der Waals surface area contributed by atoms with Crippen molar-refractivity contribution in [3.63, 3.8) is 0 Å². The van der Waals surface area contributed by atoms with Gasteiger partial charge in [0.1, 0.15) is 5.75 Å². The third-order valence-electron chi connectivity index (χ3n) is 3.78. The highest BCUT2D eigenvalue weighted by Gasteiger charge is 2.06. The summed E-state index contributed by atoms with van der Waals surface area (Å²) in [5.41, 5.74) is 3.60. The van der Waals surface area contributed by atoms with Gasteiger partial charge >= 0.3 is 0 Å². The summed E-state index contributed by atoms with van der Waals surface area (Å²) in [7, 11) is 1.60. The van der Waals surface area contributed by atoms with Crippen molar-refractivity contribution in [1.29, 1.82) is 0 Å². The van der Waals surface area contributed by atoms with E-state index in [0.717, 1.165) is 16.9 Å². The van der Waals surface area contributed by atoms with Crippen molar-refractivity contribution in [1.82, 2.24) is 9.78 Å². The number of nitrogens with zero attached hydrogens (tertiary/aromatic N) is 2. The van der Waals surface area contributed by atoms with E-state index in [0.29, 0.717) is 11.4 Å². The summed E-state index contributed by atoms with van der Waals surface area (Å²) < 4.78 is 6.93. The van der Waals surface area contributed by atoms with Gasteiger partial charge < -0.3 is 15.4 Å². The number of anilines is 2. The molecule has 6 heteroatoms. The summed E-state index contributed by atoms with van der Waals surface area (Å²) >= 11 is 0. The monoisotopic (exact) mass is 336 g/mol. The lowest BCUT2D eigenvalue weighted by molar-refractivity contribution is -0.114. The van der Waals surface area contributed by atoms with Gasteiger partial charge in [0.15, 0.2) is 0 Å². The largest absolute Gasteiger partial charge is 0.497 e. The number of rotatable bonds is 6. The summed E-state index contributed by atoms with van der Waals surface area (Å²) in [6.07, 6.45) is 3.61. The average molecular weight is 336 g/mol. The third-order valence-corrected chi connectivity index (χ3v) is 3.78. The molecule has 128 valence electrons. The second-order valence-corrected chi connectivity index (χ2v) is 5.58. The first kappa shape index (κ1) is 16.6.